The molecule has 0 saturated heterocycles. The maximum Gasteiger partial charge on any atom is 0.143 e. The number of para-hydroxylation sites is 2. The van der Waals surface area contributed by atoms with E-state index in [9.17, 15) is 0 Å². The number of furan rings is 1. The minimum Gasteiger partial charge on any atom is -0.455 e. The molecule has 0 amide bonds. The Bertz CT molecular complexity index is 3180. The van der Waals surface area contributed by atoms with E-state index in [1.165, 1.54) is 47.3 Å². The van der Waals surface area contributed by atoms with Gasteiger partial charge in [0, 0.05) is 59.2 Å². The van der Waals surface area contributed by atoms with Gasteiger partial charge < -0.3 is 9.32 Å². The quantitative estimate of drug-likeness (QED) is 0.178. The molecule has 53 heavy (non-hydrogen) atoms. The minimum atomic E-state index is 0.863. The fraction of sp³-hybridized carbons (Fsp3) is 0. The molecule has 0 unspecified atom stereocenters. The second-order valence-corrected chi connectivity index (χ2v) is 14.7. The Morgan fingerprint density at radius 1 is 0.396 bits per heavy atom. The summed E-state index contributed by atoms with van der Waals surface area (Å²) in [6.07, 6.45) is 0. The number of hydrogen-bond donors (Lipinski definition) is 0. The molecule has 0 saturated carbocycles. The summed E-state index contributed by atoms with van der Waals surface area (Å²) < 4.78 is 9.40. The molecule has 0 spiro atoms. The summed E-state index contributed by atoms with van der Waals surface area (Å²) in [6, 6.07) is 67.8. The van der Waals surface area contributed by atoms with Crippen molar-refractivity contribution < 1.29 is 4.42 Å². The van der Waals surface area contributed by atoms with Crippen molar-refractivity contribution in [1.29, 1.82) is 0 Å². The van der Waals surface area contributed by atoms with Crippen molar-refractivity contribution in [2.75, 3.05) is 4.90 Å². The van der Waals surface area contributed by atoms with Gasteiger partial charge in [0.1, 0.15) is 11.2 Å². The van der Waals surface area contributed by atoms with Gasteiger partial charge >= 0.3 is 0 Å². The van der Waals surface area contributed by atoms with Gasteiger partial charge in [0.05, 0.1) is 11.4 Å². The summed E-state index contributed by atoms with van der Waals surface area (Å²) >= 11 is 1.87. The zero-order valence-electron chi connectivity index (χ0n) is 28.7. The van der Waals surface area contributed by atoms with Crippen molar-refractivity contribution >= 4 is 92.1 Å². The molecule has 0 aliphatic heterocycles. The lowest BCUT2D eigenvalue weighted by Gasteiger charge is -2.29. The third kappa shape index (κ3) is 4.71. The van der Waals surface area contributed by atoms with Crippen LogP contribution in [0.1, 0.15) is 0 Å². The lowest BCUT2D eigenvalue weighted by atomic mass is 9.97. The zero-order chi connectivity index (χ0) is 34.9. The van der Waals surface area contributed by atoms with Crippen LogP contribution in [0, 0.1) is 0 Å². The number of thiophene rings is 1. The van der Waals surface area contributed by atoms with E-state index in [0.29, 0.717) is 0 Å². The first-order valence-electron chi connectivity index (χ1n) is 18.0. The van der Waals surface area contributed by atoms with Gasteiger partial charge in [0.15, 0.2) is 0 Å². The topological polar surface area (TPSA) is 16.4 Å². The molecule has 3 heteroatoms. The highest BCUT2D eigenvalue weighted by molar-refractivity contribution is 7.26. The molecule has 2 nitrogen and oxygen atoms in total. The highest BCUT2D eigenvalue weighted by Crippen LogP contribution is 2.50. The van der Waals surface area contributed by atoms with E-state index in [-0.39, 0.29) is 0 Å². The fourth-order valence-corrected chi connectivity index (χ4v) is 9.45. The average molecular weight is 694 g/mol. The van der Waals surface area contributed by atoms with Crippen molar-refractivity contribution in [2.24, 2.45) is 0 Å². The highest BCUT2D eigenvalue weighted by Gasteiger charge is 2.23. The number of rotatable bonds is 5. The molecule has 0 bridgehead atoms. The molecule has 11 rings (SSSR count). The van der Waals surface area contributed by atoms with Crippen LogP contribution in [0.3, 0.4) is 0 Å². The van der Waals surface area contributed by atoms with E-state index in [2.05, 4.69) is 193 Å². The largest absolute Gasteiger partial charge is 0.455 e. The molecule has 2 aromatic heterocycles. The Labute approximate surface area is 310 Å². The maximum atomic E-state index is 6.83. The van der Waals surface area contributed by atoms with Gasteiger partial charge in [-0.3, -0.25) is 0 Å². The minimum absolute atomic E-state index is 0.863. The normalized spacial score (nSPS) is 11.8. The number of fused-ring (bicyclic) bond motifs is 10. The molecule has 0 atom stereocenters. The first-order valence-corrected chi connectivity index (χ1v) is 18.8. The third-order valence-electron chi connectivity index (χ3n) is 10.6. The van der Waals surface area contributed by atoms with E-state index in [1.54, 1.807) is 0 Å². The zero-order valence-corrected chi connectivity index (χ0v) is 29.5. The summed E-state index contributed by atoms with van der Waals surface area (Å²) in [6.45, 7) is 0. The Morgan fingerprint density at radius 2 is 1.04 bits per heavy atom. The molecule has 9 aromatic carbocycles. The standard InChI is InChI=1S/C50H31NOS/c1-3-14-32(15-4-1)36-19-11-12-25-43(36)51(35-27-28-40-42-24-13-23-38(33-16-5-2-6-17-33)50(42)52-45(40)30-35)44-31-47-49(41-22-10-9-21-39(41)44)48-37-20-8-7-18-34(37)26-29-46(48)53-47/h1-31H. The van der Waals surface area contributed by atoms with Crippen LogP contribution in [0.4, 0.5) is 17.1 Å². The van der Waals surface area contributed by atoms with Crippen LogP contribution in [0.25, 0.3) is 85.9 Å². The van der Waals surface area contributed by atoms with Crippen LogP contribution < -0.4 is 4.90 Å². The van der Waals surface area contributed by atoms with Gasteiger partial charge in [0.2, 0.25) is 0 Å². The first-order chi connectivity index (χ1) is 26.3. The predicted octanol–water partition coefficient (Wildman–Crippen LogP) is 15.1. The average Bonchev–Trinajstić information content (AvgIpc) is 3.80. The molecule has 0 aliphatic carbocycles. The van der Waals surface area contributed by atoms with Crippen LogP contribution in [0.15, 0.2) is 192 Å². The number of hydrogen-bond acceptors (Lipinski definition) is 3. The van der Waals surface area contributed by atoms with Crippen LogP contribution in [0.2, 0.25) is 0 Å². The van der Waals surface area contributed by atoms with E-state index >= 15 is 0 Å². The van der Waals surface area contributed by atoms with Gasteiger partial charge in [-0.1, -0.05) is 152 Å². The summed E-state index contributed by atoms with van der Waals surface area (Å²) in [7, 11) is 0. The second-order valence-electron chi connectivity index (χ2n) is 13.6. The van der Waals surface area contributed by atoms with Crippen LogP contribution in [0.5, 0.6) is 0 Å². The van der Waals surface area contributed by atoms with E-state index in [4.69, 9.17) is 4.42 Å². The van der Waals surface area contributed by atoms with Crippen LogP contribution >= 0.6 is 11.3 Å². The number of nitrogens with zero attached hydrogens (tertiary/aromatic N) is 1. The van der Waals surface area contributed by atoms with E-state index < -0.39 is 0 Å². The van der Waals surface area contributed by atoms with Crippen molar-refractivity contribution in [3.05, 3.63) is 188 Å². The summed E-state index contributed by atoms with van der Waals surface area (Å²) in [5.41, 5.74) is 9.63. The molecule has 0 radical (unpaired) electrons. The van der Waals surface area contributed by atoms with E-state index in [1.807, 2.05) is 11.3 Å². The molecule has 0 aliphatic rings. The smallest absolute Gasteiger partial charge is 0.143 e. The lowest BCUT2D eigenvalue weighted by Crippen LogP contribution is -2.11. The van der Waals surface area contributed by atoms with Gasteiger partial charge in [0.25, 0.3) is 0 Å². The van der Waals surface area contributed by atoms with Gasteiger partial charge in [-0.2, -0.15) is 0 Å². The van der Waals surface area contributed by atoms with Crippen molar-refractivity contribution in [1.82, 2.24) is 0 Å². The Hall–Kier alpha value is -6.68. The molecule has 2 heterocycles. The SMILES string of the molecule is c1ccc(-c2ccccc2N(c2ccc3c(c2)oc2c(-c4ccccc4)cccc23)c2cc3sc4ccc5ccccc5c4c3c3ccccc23)cc1. The van der Waals surface area contributed by atoms with Crippen molar-refractivity contribution in [2.45, 2.75) is 0 Å². The van der Waals surface area contributed by atoms with Crippen LogP contribution in [-0.4, -0.2) is 0 Å². The maximum absolute atomic E-state index is 6.83. The fourth-order valence-electron chi connectivity index (χ4n) is 8.28. The molecular weight excluding hydrogens is 663 g/mol. The monoisotopic (exact) mass is 693 g/mol. The number of anilines is 3. The predicted molar refractivity (Wildman–Crippen MR) is 227 cm³/mol. The van der Waals surface area contributed by atoms with Crippen LogP contribution in [-0.2, 0) is 0 Å². The molecule has 11 aromatic rings. The second kappa shape index (κ2) is 11.9. The summed E-state index contributed by atoms with van der Waals surface area (Å²) in [5.74, 6) is 0. The molecular formula is C50H31NOS. The van der Waals surface area contributed by atoms with Gasteiger partial charge in [-0.05, 0) is 57.6 Å². The Balaban J connectivity index is 1.21. The lowest BCUT2D eigenvalue weighted by molar-refractivity contribution is 0.670. The van der Waals surface area contributed by atoms with Gasteiger partial charge in [-0.15, -0.1) is 11.3 Å². The van der Waals surface area contributed by atoms with Crippen molar-refractivity contribution in [3.63, 3.8) is 0 Å². The Kier molecular flexibility index (Phi) is 6.76. The summed E-state index contributed by atoms with van der Waals surface area (Å²) in [5, 5.41) is 9.89. The number of benzene rings is 9. The third-order valence-corrected chi connectivity index (χ3v) is 11.7. The Morgan fingerprint density at radius 3 is 1.87 bits per heavy atom. The molecule has 0 N–H and O–H groups in total. The highest BCUT2D eigenvalue weighted by atomic mass is 32.1. The molecule has 248 valence electrons. The van der Waals surface area contributed by atoms with E-state index in [0.717, 1.165) is 55.7 Å². The molecule has 0 fully saturated rings. The summed E-state index contributed by atoms with van der Waals surface area (Å²) in [4.78, 5) is 2.44. The first kappa shape index (κ1) is 30.0. The van der Waals surface area contributed by atoms with Gasteiger partial charge in [-0.25, -0.2) is 0 Å². The van der Waals surface area contributed by atoms with Crippen molar-refractivity contribution in [3.8, 4) is 22.3 Å².